The molecule has 2 aromatic rings. The zero-order valence-corrected chi connectivity index (χ0v) is 8.29. The van der Waals surface area contributed by atoms with Crippen LogP contribution in [0.25, 0.3) is 0 Å². The molecule has 0 fully saturated rings. The summed E-state index contributed by atoms with van der Waals surface area (Å²) in [4.78, 5) is 11.7. The van der Waals surface area contributed by atoms with Crippen LogP contribution in [0, 0.1) is 6.92 Å². The van der Waals surface area contributed by atoms with E-state index in [9.17, 15) is 4.79 Å². The number of ketones is 1. The molecule has 0 saturated heterocycles. The first-order chi connectivity index (χ1) is 7.27. The highest BCUT2D eigenvalue weighted by atomic mass is 16.1. The molecule has 0 radical (unpaired) electrons. The fourth-order valence-electron chi connectivity index (χ4n) is 1.25. The summed E-state index contributed by atoms with van der Waals surface area (Å²) in [5.41, 5.74) is 0.674. The van der Waals surface area contributed by atoms with E-state index in [-0.39, 0.29) is 12.3 Å². The number of Topliss-reactive ketones (excluding diaryl/α,β-unsaturated/α-hetero) is 1. The zero-order chi connectivity index (χ0) is 10.7. The Balaban J connectivity index is 2.15. The molecule has 76 valence electrons. The minimum Gasteiger partial charge on any atom is -0.292 e. The first kappa shape index (κ1) is 9.51. The molecule has 0 atom stereocenters. The van der Waals surface area contributed by atoms with Gasteiger partial charge in [-0.25, -0.2) is 4.68 Å². The molecule has 1 aromatic heterocycles. The Bertz CT molecular complexity index is 463. The summed E-state index contributed by atoms with van der Waals surface area (Å²) in [5, 5.41) is 10.9. The van der Waals surface area contributed by atoms with Gasteiger partial charge in [0.15, 0.2) is 5.78 Å². The molecular formula is C10H10N4O. The third-order valence-electron chi connectivity index (χ3n) is 2.10. The van der Waals surface area contributed by atoms with Crippen LogP contribution in [-0.4, -0.2) is 26.0 Å². The van der Waals surface area contributed by atoms with Crippen LogP contribution in [0.3, 0.4) is 0 Å². The van der Waals surface area contributed by atoms with E-state index in [2.05, 4.69) is 15.5 Å². The average Bonchev–Trinajstić information content (AvgIpc) is 2.66. The molecule has 0 bridgehead atoms. The Hall–Kier alpha value is -2.04. The van der Waals surface area contributed by atoms with Crippen LogP contribution in [0.1, 0.15) is 16.2 Å². The molecule has 0 spiro atoms. The van der Waals surface area contributed by atoms with Crippen molar-refractivity contribution < 1.29 is 4.79 Å². The SMILES string of the molecule is Cc1nnnn1CC(=O)c1ccccc1. The fraction of sp³-hybridized carbons (Fsp3) is 0.200. The molecular weight excluding hydrogens is 192 g/mol. The van der Waals surface area contributed by atoms with Gasteiger partial charge in [-0.1, -0.05) is 30.3 Å². The second kappa shape index (κ2) is 4.00. The standard InChI is InChI=1S/C10H10N4O/c1-8-11-12-13-14(8)7-10(15)9-5-3-2-4-6-9/h2-6H,7H2,1H3. The first-order valence-corrected chi connectivity index (χ1v) is 4.58. The van der Waals surface area contributed by atoms with Crippen molar-refractivity contribution in [1.82, 2.24) is 20.2 Å². The Morgan fingerprint density at radius 2 is 2.07 bits per heavy atom. The lowest BCUT2D eigenvalue weighted by molar-refractivity contribution is 0.0966. The summed E-state index contributed by atoms with van der Waals surface area (Å²) in [6, 6.07) is 9.10. The van der Waals surface area contributed by atoms with Crippen LogP contribution in [0.5, 0.6) is 0 Å². The maximum Gasteiger partial charge on any atom is 0.184 e. The van der Waals surface area contributed by atoms with Crippen LogP contribution >= 0.6 is 0 Å². The van der Waals surface area contributed by atoms with Crippen molar-refractivity contribution in [2.24, 2.45) is 0 Å². The second-order valence-corrected chi connectivity index (χ2v) is 3.17. The van der Waals surface area contributed by atoms with Gasteiger partial charge < -0.3 is 0 Å². The second-order valence-electron chi connectivity index (χ2n) is 3.17. The van der Waals surface area contributed by atoms with E-state index in [4.69, 9.17) is 0 Å². The number of rotatable bonds is 3. The Morgan fingerprint density at radius 1 is 1.33 bits per heavy atom. The largest absolute Gasteiger partial charge is 0.292 e. The monoisotopic (exact) mass is 202 g/mol. The van der Waals surface area contributed by atoms with Crippen molar-refractivity contribution in [3.05, 3.63) is 41.7 Å². The summed E-state index contributed by atoms with van der Waals surface area (Å²) in [7, 11) is 0. The third kappa shape index (κ3) is 2.07. The quantitative estimate of drug-likeness (QED) is 0.693. The molecule has 5 nitrogen and oxygen atoms in total. The number of carbonyl (C=O) groups excluding carboxylic acids is 1. The van der Waals surface area contributed by atoms with E-state index < -0.39 is 0 Å². The Labute approximate surface area is 86.7 Å². The van der Waals surface area contributed by atoms with Gasteiger partial charge in [-0.2, -0.15) is 0 Å². The zero-order valence-electron chi connectivity index (χ0n) is 8.29. The molecule has 5 heteroatoms. The number of aryl methyl sites for hydroxylation is 1. The van der Waals surface area contributed by atoms with Gasteiger partial charge in [0.1, 0.15) is 12.4 Å². The minimum absolute atomic E-state index is 0.00556. The van der Waals surface area contributed by atoms with Gasteiger partial charge in [0, 0.05) is 5.56 Å². The van der Waals surface area contributed by atoms with E-state index in [0.29, 0.717) is 11.4 Å². The summed E-state index contributed by atoms with van der Waals surface area (Å²) < 4.78 is 1.48. The van der Waals surface area contributed by atoms with Crippen LogP contribution in [0.15, 0.2) is 30.3 Å². The van der Waals surface area contributed by atoms with Gasteiger partial charge in [-0.15, -0.1) is 5.10 Å². The molecule has 0 aliphatic heterocycles. The molecule has 0 aliphatic rings. The van der Waals surface area contributed by atoms with Crippen molar-refractivity contribution in [2.45, 2.75) is 13.5 Å². The summed E-state index contributed by atoms with van der Waals surface area (Å²) in [6.45, 7) is 1.95. The molecule has 1 heterocycles. The lowest BCUT2D eigenvalue weighted by Gasteiger charge is -2.00. The number of hydrogen-bond donors (Lipinski definition) is 0. The smallest absolute Gasteiger partial charge is 0.184 e. The van der Waals surface area contributed by atoms with E-state index in [1.54, 1.807) is 19.1 Å². The lowest BCUT2D eigenvalue weighted by Crippen LogP contribution is -2.13. The molecule has 0 N–H and O–H groups in total. The van der Waals surface area contributed by atoms with Gasteiger partial charge in [0.2, 0.25) is 0 Å². The summed E-state index contributed by atoms with van der Waals surface area (Å²) in [6.07, 6.45) is 0. The van der Waals surface area contributed by atoms with E-state index in [1.807, 2.05) is 18.2 Å². The number of carbonyl (C=O) groups is 1. The van der Waals surface area contributed by atoms with Crippen molar-refractivity contribution in [2.75, 3.05) is 0 Å². The predicted octanol–water partition coefficient (Wildman–Crippen LogP) is 0.864. The van der Waals surface area contributed by atoms with Crippen LogP contribution < -0.4 is 0 Å². The van der Waals surface area contributed by atoms with Gasteiger partial charge in [-0.05, 0) is 17.4 Å². The number of aromatic nitrogens is 4. The van der Waals surface area contributed by atoms with E-state index >= 15 is 0 Å². The molecule has 0 saturated carbocycles. The highest BCUT2D eigenvalue weighted by Crippen LogP contribution is 2.02. The van der Waals surface area contributed by atoms with Crippen molar-refractivity contribution in [1.29, 1.82) is 0 Å². The van der Waals surface area contributed by atoms with E-state index in [1.165, 1.54) is 4.68 Å². The normalized spacial score (nSPS) is 10.2. The van der Waals surface area contributed by atoms with Gasteiger partial charge in [-0.3, -0.25) is 4.79 Å². The third-order valence-corrected chi connectivity index (χ3v) is 2.10. The van der Waals surface area contributed by atoms with Crippen molar-refractivity contribution in [3.8, 4) is 0 Å². The number of benzene rings is 1. The Morgan fingerprint density at radius 3 is 2.67 bits per heavy atom. The molecule has 0 aliphatic carbocycles. The van der Waals surface area contributed by atoms with Gasteiger partial charge in [0.05, 0.1) is 0 Å². The minimum atomic E-state index is 0.00556. The topological polar surface area (TPSA) is 60.7 Å². The van der Waals surface area contributed by atoms with Gasteiger partial charge >= 0.3 is 0 Å². The average molecular weight is 202 g/mol. The highest BCUT2D eigenvalue weighted by molar-refractivity contribution is 5.95. The maximum atomic E-state index is 11.7. The van der Waals surface area contributed by atoms with Crippen LogP contribution in [0.2, 0.25) is 0 Å². The van der Waals surface area contributed by atoms with Crippen molar-refractivity contribution >= 4 is 5.78 Å². The fourth-order valence-corrected chi connectivity index (χ4v) is 1.25. The molecule has 0 unspecified atom stereocenters. The highest BCUT2D eigenvalue weighted by Gasteiger charge is 2.08. The van der Waals surface area contributed by atoms with Crippen molar-refractivity contribution in [3.63, 3.8) is 0 Å². The maximum absolute atomic E-state index is 11.7. The van der Waals surface area contributed by atoms with Gasteiger partial charge in [0.25, 0.3) is 0 Å². The molecule has 1 aromatic carbocycles. The molecule has 2 rings (SSSR count). The lowest BCUT2D eigenvalue weighted by atomic mass is 10.1. The van der Waals surface area contributed by atoms with Crippen LogP contribution in [0.4, 0.5) is 0 Å². The number of tetrazole rings is 1. The summed E-state index contributed by atoms with van der Waals surface area (Å²) in [5.74, 6) is 0.644. The molecule has 15 heavy (non-hydrogen) atoms. The van der Waals surface area contributed by atoms with Crippen LogP contribution in [-0.2, 0) is 6.54 Å². The first-order valence-electron chi connectivity index (χ1n) is 4.58. The van der Waals surface area contributed by atoms with E-state index in [0.717, 1.165) is 0 Å². The predicted molar refractivity (Wildman–Crippen MR) is 53.3 cm³/mol. The number of hydrogen-bond acceptors (Lipinski definition) is 4. The summed E-state index contributed by atoms with van der Waals surface area (Å²) >= 11 is 0. The molecule has 0 amide bonds. The number of nitrogens with zero attached hydrogens (tertiary/aromatic N) is 4. The Kier molecular flexibility index (Phi) is 2.53.